The molecule has 0 aliphatic carbocycles. The van der Waals surface area contributed by atoms with Crippen LogP contribution in [0.15, 0.2) is 6.33 Å². The Balaban J connectivity index is 1.81. The molecule has 0 spiro atoms. The van der Waals surface area contributed by atoms with Gasteiger partial charge in [-0.1, -0.05) is 6.92 Å². The second-order valence-corrected chi connectivity index (χ2v) is 4.73. The van der Waals surface area contributed by atoms with Crippen molar-refractivity contribution in [3.8, 4) is 0 Å². The highest BCUT2D eigenvalue weighted by molar-refractivity contribution is 7.99. The van der Waals surface area contributed by atoms with E-state index >= 15 is 0 Å². The van der Waals surface area contributed by atoms with Crippen LogP contribution in [0.25, 0.3) is 0 Å². The molecule has 0 saturated carbocycles. The Kier molecular flexibility index (Phi) is 7.29. The number of aromatic nitrogens is 3. The normalized spacial score (nSPS) is 10.7. The lowest BCUT2D eigenvalue weighted by atomic mass is 10.3. The molecule has 1 aromatic rings. The summed E-state index contributed by atoms with van der Waals surface area (Å²) in [4.78, 5) is 4.08. The summed E-state index contributed by atoms with van der Waals surface area (Å²) in [6.07, 6.45) is 4.93. The molecule has 0 aliphatic heterocycles. The molecular weight excluding hydrogens is 208 g/mol. The Morgan fingerprint density at radius 2 is 2.27 bits per heavy atom. The minimum Gasteiger partial charge on any atom is -0.317 e. The van der Waals surface area contributed by atoms with Gasteiger partial charge in [-0.2, -0.15) is 16.9 Å². The average molecular weight is 228 g/mol. The second-order valence-electron chi connectivity index (χ2n) is 3.34. The van der Waals surface area contributed by atoms with Crippen LogP contribution in [0.1, 0.15) is 25.6 Å². The first kappa shape index (κ1) is 12.5. The molecule has 15 heavy (non-hydrogen) atoms. The number of hydrogen-bond donors (Lipinski definition) is 2. The topological polar surface area (TPSA) is 53.6 Å². The van der Waals surface area contributed by atoms with Crippen LogP contribution in [-0.4, -0.2) is 39.8 Å². The summed E-state index contributed by atoms with van der Waals surface area (Å²) in [5, 5.41) is 10.1. The van der Waals surface area contributed by atoms with Gasteiger partial charge in [0.15, 0.2) is 0 Å². The van der Waals surface area contributed by atoms with E-state index < -0.39 is 0 Å². The van der Waals surface area contributed by atoms with Crippen LogP contribution < -0.4 is 5.32 Å². The van der Waals surface area contributed by atoms with Crippen molar-refractivity contribution in [3.63, 3.8) is 0 Å². The molecule has 0 aliphatic rings. The molecule has 0 fully saturated rings. The lowest BCUT2D eigenvalue weighted by molar-refractivity contribution is 0.633. The first-order valence-electron chi connectivity index (χ1n) is 5.56. The number of H-pyrrole nitrogens is 1. The molecule has 1 heterocycles. The minimum atomic E-state index is 0.983. The van der Waals surface area contributed by atoms with Gasteiger partial charge in [-0.05, 0) is 37.4 Å². The molecule has 86 valence electrons. The van der Waals surface area contributed by atoms with Gasteiger partial charge in [0.2, 0.25) is 0 Å². The van der Waals surface area contributed by atoms with E-state index in [4.69, 9.17) is 0 Å². The van der Waals surface area contributed by atoms with Gasteiger partial charge in [-0.3, -0.25) is 5.10 Å². The van der Waals surface area contributed by atoms with Gasteiger partial charge in [0.05, 0.1) is 0 Å². The van der Waals surface area contributed by atoms with E-state index in [1.807, 2.05) is 11.8 Å². The summed E-state index contributed by atoms with van der Waals surface area (Å²) in [6.45, 7) is 4.40. The summed E-state index contributed by atoms with van der Waals surface area (Å²) in [5.41, 5.74) is 0. The van der Waals surface area contributed by atoms with Crippen molar-refractivity contribution in [3.05, 3.63) is 12.2 Å². The average Bonchev–Trinajstić information content (AvgIpc) is 2.75. The molecule has 0 amide bonds. The second kappa shape index (κ2) is 8.73. The first-order valence-corrected chi connectivity index (χ1v) is 6.71. The minimum absolute atomic E-state index is 0.983. The molecule has 4 nitrogen and oxygen atoms in total. The molecule has 0 saturated heterocycles. The Hall–Kier alpha value is -0.550. The standard InChI is InChI=1S/C10H20N4S/c1-2-15-8-4-7-11-6-3-5-10-12-9-13-14-10/h9,11H,2-8H2,1H3,(H,12,13,14). The Labute approximate surface area is 95.6 Å². The smallest absolute Gasteiger partial charge is 0.137 e. The van der Waals surface area contributed by atoms with E-state index in [9.17, 15) is 0 Å². The first-order chi connectivity index (χ1) is 7.43. The lowest BCUT2D eigenvalue weighted by Crippen LogP contribution is -2.17. The maximum absolute atomic E-state index is 4.08. The molecule has 5 heteroatoms. The van der Waals surface area contributed by atoms with Crippen LogP contribution in [0.5, 0.6) is 0 Å². The van der Waals surface area contributed by atoms with Gasteiger partial charge in [-0.15, -0.1) is 0 Å². The van der Waals surface area contributed by atoms with Crippen molar-refractivity contribution in [2.45, 2.75) is 26.2 Å². The van der Waals surface area contributed by atoms with Crippen LogP contribution in [0.4, 0.5) is 0 Å². The molecule has 2 N–H and O–H groups in total. The Morgan fingerprint density at radius 1 is 1.40 bits per heavy atom. The summed E-state index contributed by atoms with van der Waals surface area (Å²) in [6, 6.07) is 0. The maximum Gasteiger partial charge on any atom is 0.137 e. The number of rotatable bonds is 9. The molecule has 1 rings (SSSR count). The highest BCUT2D eigenvalue weighted by Crippen LogP contribution is 1.99. The highest BCUT2D eigenvalue weighted by Gasteiger charge is 1.94. The van der Waals surface area contributed by atoms with Gasteiger partial charge in [0.1, 0.15) is 12.2 Å². The van der Waals surface area contributed by atoms with Gasteiger partial charge < -0.3 is 5.32 Å². The van der Waals surface area contributed by atoms with Gasteiger partial charge in [0, 0.05) is 6.42 Å². The van der Waals surface area contributed by atoms with Crippen molar-refractivity contribution < 1.29 is 0 Å². The van der Waals surface area contributed by atoms with Crippen molar-refractivity contribution in [1.29, 1.82) is 0 Å². The fourth-order valence-corrected chi connectivity index (χ4v) is 1.94. The number of aromatic amines is 1. The van der Waals surface area contributed by atoms with Crippen molar-refractivity contribution in [2.24, 2.45) is 0 Å². The lowest BCUT2D eigenvalue weighted by Gasteiger charge is -2.03. The van der Waals surface area contributed by atoms with Crippen LogP contribution in [0, 0.1) is 0 Å². The zero-order valence-electron chi connectivity index (χ0n) is 9.33. The van der Waals surface area contributed by atoms with Gasteiger partial charge >= 0.3 is 0 Å². The van der Waals surface area contributed by atoms with Crippen LogP contribution in [0.2, 0.25) is 0 Å². The zero-order valence-corrected chi connectivity index (χ0v) is 10.1. The summed E-state index contributed by atoms with van der Waals surface area (Å²) in [7, 11) is 0. The maximum atomic E-state index is 4.08. The molecule has 0 atom stereocenters. The number of nitrogens with one attached hydrogen (secondary N) is 2. The number of nitrogens with zero attached hydrogens (tertiary/aromatic N) is 2. The largest absolute Gasteiger partial charge is 0.317 e. The fraction of sp³-hybridized carbons (Fsp3) is 0.800. The quantitative estimate of drug-likeness (QED) is 0.628. The van der Waals surface area contributed by atoms with E-state index in [0.717, 1.165) is 31.8 Å². The number of hydrogen-bond acceptors (Lipinski definition) is 4. The summed E-state index contributed by atoms with van der Waals surface area (Å²) < 4.78 is 0. The Bertz CT molecular complexity index is 225. The number of aryl methyl sites for hydroxylation is 1. The Morgan fingerprint density at radius 3 is 3.00 bits per heavy atom. The van der Waals surface area contributed by atoms with Crippen molar-refractivity contribution >= 4 is 11.8 Å². The van der Waals surface area contributed by atoms with Crippen LogP contribution in [0.3, 0.4) is 0 Å². The SMILES string of the molecule is CCSCCCNCCCc1ncn[nH]1. The molecule has 0 radical (unpaired) electrons. The van der Waals surface area contributed by atoms with Crippen LogP contribution >= 0.6 is 11.8 Å². The molecule has 1 aromatic heterocycles. The van der Waals surface area contributed by atoms with Gasteiger partial charge in [-0.25, -0.2) is 4.98 Å². The van der Waals surface area contributed by atoms with Crippen molar-refractivity contribution in [1.82, 2.24) is 20.5 Å². The third-order valence-electron chi connectivity index (χ3n) is 2.08. The van der Waals surface area contributed by atoms with E-state index in [2.05, 4.69) is 27.4 Å². The molecule has 0 unspecified atom stereocenters. The summed E-state index contributed by atoms with van der Waals surface area (Å²) >= 11 is 2.01. The van der Waals surface area contributed by atoms with E-state index in [1.165, 1.54) is 17.9 Å². The van der Waals surface area contributed by atoms with E-state index in [1.54, 1.807) is 6.33 Å². The predicted octanol–water partition coefficient (Wildman–Crippen LogP) is 1.47. The zero-order chi connectivity index (χ0) is 10.8. The van der Waals surface area contributed by atoms with E-state index in [-0.39, 0.29) is 0 Å². The van der Waals surface area contributed by atoms with Crippen molar-refractivity contribution in [2.75, 3.05) is 24.6 Å². The third-order valence-corrected chi connectivity index (χ3v) is 3.06. The predicted molar refractivity (Wildman–Crippen MR) is 65.2 cm³/mol. The third kappa shape index (κ3) is 6.52. The molecular formula is C10H20N4S. The molecule has 0 bridgehead atoms. The van der Waals surface area contributed by atoms with Gasteiger partial charge in [0.25, 0.3) is 0 Å². The van der Waals surface area contributed by atoms with Crippen LogP contribution in [-0.2, 0) is 6.42 Å². The molecule has 0 aromatic carbocycles. The highest BCUT2D eigenvalue weighted by atomic mass is 32.2. The monoisotopic (exact) mass is 228 g/mol. The van der Waals surface area contributed by atoms with E-state index in [0.29, 0.717) is 0 Å². The summed E-state index contributed by atoms with van der Waals surface area (Å²) in [5.74, 6) is 3.48. The number of thioether (sulfide) groups is 1. The fourth-order valence-electron chi connectivity index (χ4n) is 1.30.